The highest BCUT2D eigenvalue weighted by molar-refractivity contribution is 6.27. The molecule has 0 atom stereocenters. The van der Waals surface area contributed by atoms with Crippen molar-refractivity contribution in [1.29, 1.82) is 0 Å². The normalized spacial score (nSPS) is 14.9. The Bertz CT molecular complexity index is 1070. The Morgan fingerprint density at radius 1 is 0.833 bits per heavy atom. The Morgan fingerprint density at radius 3 is 1.80 bits per heavy atom. The lowest BCUT2D eigenvalue weighted by atomic mass is 9.80. The number of ketones is 2. The number of pyridine rings is 1. The van der Waals surface area contributed by atoms with E-state index in [-0.39, 0.29) is 23.3 Å². The summed E-state index contributed by atoms with van der Waals surface area (Å²) in [6, 6.07) is 2.77. The maximum absolute atomic E-state index is 14.1. The lowest BCUT2D eigenvalue weighted by Gasteiger charge is -2.22. The number of nitrogens with zero attached hydrogens (tertiary/aromatic N) is 1. The van der Waals surface area contributed by atoms with Gasteiger partial charge in [-0.05, 0) is 30.7 Å². The Labute approximate surface area is 165 Å². The minimum atomic E-state index is -5.81. The average Bonchev–Trinajstić information content (AvgIpc) is 2.67. The molecular weight excluding hydrogens is 419 g/mol. The minimum Gasteiger partial charge on any atom is -0.289 e. The lowest BCUT2D eigenvalue weighted by Crippen LogP contribution is -2.33. The van der Waals surface area contributed by atoms with E-state index in [9.17, 15) is 40.3 Å². The van der Waals surface area contributed by atoms with E-state index >= 15 is 0 Å². The zero-order valence-electron chi connectivity index (χ0n) is 15.2. The molecule has 2 aromatic rings. The zero-order valence-corrected chi connectivity index (χ0v) is 15.2. The fraction of sp³-hybridized carbons (Fsp3) is 0.250. The fourth-order valence-corrected chi connectivity index (χ4v) is 3.19. The molecule has 0 radical (unpaired) electrons. The van der Waals surface area contributed by atoms with Crippen molar-refractivity contribution in [2.45, 2.75) is 31.9 Å². The van der Waals surface area contributed by atoms with Crippen molar-refractivity contribution in [2.24, 2.45) is 0 Å². The molecule has 0 spiro atoms. The molecule has 0 fully saturated rings. The molecule has 0 saturated heterocycles. The molecule has 1 heterocycles. The van der Waals surface area contributed by atoms with Gasteiger partial charge < -0.3 is 0 Å². The van der Waals surface area contributed by atoms with Crippen LogP contribution in [0.5, 0.6) is 0 Å². The van der Waals surface area contributed by atoms with Gasteiger partial charge in [-0.2, -0.15) is 22.0 Å². The van der Waals surface area contributed by atoms with Crippen LogP contribution in [-0.4, -0.2) is 22.7 Å². The maximum atomic E-state index is 14.1. The third-order valence-electron chi connectivity index (χ3n) is 4.72. The first-order valence-corrected chi connectivity index (χ1v) is 8.59. The third kappa shape index (κ3) is 3.40. The van der Waals surface area contributed by atoms with Crippen molar-refractivity contribution in [3.05, 3.63) is 75.6 Å². The first-order chi connectivity index (χ1) is 13.9. The second-order valence-corrected chi connectivity index (χ2v) is 6.54. The number of aromatic nitrogens is 1. The molecule has 0 bridgehead atoms. The molecule has 1 aromatic heterocycles. The van der Waals surface area contributed by atoms with Crippen LogP contribution in [0.3, 0.4) is 0 Å². The van der Waals surface area contributed by atoms with Crippen LogP contribution in [0.4, 0.5) is 30.7 Å². The summed E-state index contributed by atoms with van der Waals surface area (Å²) in [4.78, 5) is 28.9. The van der Waals surface area contributed by atoms with E-state index in [1.165, 1.54) is 6.92 Å². The smallest absolute Gasteiger partial charge is 0.289 e. The molecule has 30 heavy (non-hydrogen) atoms. The lowest BCUT2D eigenvalue weighted by molar-refractivity contribution is -0.289. The molecule has 0 aliphatic heterocycles. The SMILES string of the molecule is CCC1=C(Cc2ccc(C(F)(F)C(F)(F)F)cn2)C(=O)c2c(F)ccc(F)c2C1=O. The monoisotopic (exact) mass is 431 g/mol. The van der Waals surface area contributed by atoms with E-state index in [1.54, 1.807) is 0 Å². The number of rotatable bonds is 4. The largest absolute Gasteiger partial charge is 0.458 e. The summed E-state index contributed by atoms with van der Waals surface area (Å²) in [5.74, 6) is -9.15. The number of fused-ring (bicyclic) bond motifs is 1. The molecular formula is C20H12F7NO2. The van der Waals surface area contributed by atoms with E-state index in [0.717, 1.165) is 12.1 Å². The van der Waals surface area contributed by atoms with E-state index in [0.29, 0.717) is 18.3 Å². The fourth-order valence-electron chi connectivity index (χ4n) is 3.19. The molecule has 3 rings (SSSR count). The van der Waals surface area contributed by atoms with Gasteiger partial charge in [0.15, 0.2) is 11.6 Å². The Balaban J connectivity index is 2.01. The van der Waals surface area contributed by atoms with Crippen molar-refractivity contribution >= 4 is 11.6 Å². The molecule has 1 aliphatic carbocycles. The van der Waals surface area contributed by atoms with Gasteiger partial charge in [-0.1, -0.05) is 6.92 Å². The van der Waals surface area contributed by atoms with E-state index < -0.39 is 58.4 Å². The van der Waals surface area contributed by atoms with Gasteiger partial charge in [0.25, 0.3) is 0 Å². The molecule has 0 saturated carbocycles. The standard InChI is InChI=1S/C20H12F7NO2/c1-2-11-12(18(30)16-14(22)6-5-13(21)15(16)17(11)29)7-10-4-3-9(8-28-10)19(23,24)20(25,26)27/h3-6,8H,2,7H2,1H3. The van der Waals surface area contributed by atoms with Crippen LogP contribution in [0.1, 0.15) is 45.3 Å². The number of carbonyl (C=O) groups excluding carboxylic acids is 2. The average molecular weight is 431 g/mol. The number of Topliss-reactive ketones (excluding diaryl/α,β-unsaturated/α-hetero) is 2. The Hall–Kier alpha value is -3.04. The molecule has 10 heteroatoms. The van der Waals surface area contributed by atoms with Gasteiger partial charge in [0.2, 0.25) is 0 Å². The quantitative estimate of drug-likeness (QED) is 0.614. The first-order valence-electron chi connectivity index (χ1n) is 8.59. The molecule has 0 N–H and O–H groups in total. The van der Waals surface area contributed by atoms with Crippen LogP contribution in [-0.2, 0) is 12.3 Å². The van der Waals surface area contributed by atoms with Crippen molar-refractivity contribution < 1.29 is 40.3 Å². The van der Waals surface area contributed by atoms with Gasteiger partial charge in [0.05, 0.1) is 11.1 Å². The van der Waals surface area contributed by atoms with Crippen molar-refractivity contribution in [2.75, 3.05) is 0 Å². The van der Waals surface area contributed by atoms with Crippen molar-refractivity contribution in [1.82, 2.24) is 4.98 Å². The van der Waals surface area contributed by atoms with Crippen molar-refractivity contribution in [3.63, 3.8) is 0 Å². The second-order valence-electron chi connectivity index (χ2n) is 6.54. The molecule has 3 nitrogen and oxygen atoms in total. The minimum absolute atomic E-state index is 0.0144. The van der Waals surface area contributed by atoms with Crippen LogP contribution in [0.2, 0.25) is 0 Å². The highest BCUT2D eigenvalue weighted by atomic mass is 19.4. The highest BCUT2D eigenvalue weighted by Crippen LogP contribution is 2.43. The van der Waals surface area contributed by atoms with Gasteiger partial charge in [0.1, 0.15) is 11.6 Å². The predicted octanol–water partition coefficient (Wildman–Crippen LogP) is 5.34. The molecule has 0 unspecified atom stereocenters. The summed E-state index contributed by atoms with van der Waals surface area (Å²) in [5, 5.41) is 0. The number of carbonyl (C=O) groups is 2. The topological polar surface area (TPSA) is 47.0 Å². The second kappa shape index (κ2) is 7.33. The summed E-state index contributed by atoms with van der Waals surface area (Å²) in [7, 11) is 0. The number of benzene rings is 1. The van der Waals surface area contributed by atoms with E-state index in [2.05, 4.69) is 4.98 Å². The number of hydrogen-bond donors (Lipinski definition) is 0. The van der Waals surface area contributed by atoms with E-state index in [1.807, 2.05) is 0 Å². The van der Waals surface area contributed by atoms with Crippen LogP contribution in [0.15, 0.2) is 41.6 Å². The number of hydrogen-bond acceptors (Lipinski definition) is 3. The van der Waals surface area contributed by atoms with Crippen LogP contribution in [0.25, 0.3) is 0 Å². The van der Waals surface area contributed by atoms with Gasteiger partial charge in [-0.15, -0.1) is 0 Å². The van der Waals surface area contributed by atoms with E-state index in [4.69, 9.17) is 0 Å². The first kappa shape index (κ1) is 21.7. The molecule has 1 aromatic carbocycles. The zero-order chi connectivity index (χ0) is 22.4. The number of halogens is 7. The molecule has 0 amide bonds. The Kier molecular flexibility index (Phi) is 5.30. The van der Waals surface area contributed by atoms with Gasteiger partial charge in [-0.25, -0.2) is 8.78 Å². The van der Waals surface area contributed by atoms with Crippen LogP contribution in [0, 0.1) is 11.6 Å². The summed E-state index contributed by atoms with van der Waals surface area (Å²) in [6.45, 7) is 1.50. The third-order valence-corrected chi connectivity index (χ3v) is 4.72. The summed E-state index contributed by atoms with van der Waals surface area (Å²) >= 11 is 0. The van der Waals surface area contributed by atoms with Crippen molar-refractivity contribution in [3.8, 4) is 0 Å². The van der Waals surface area contributed by atoms with Crippen LogP contribution >= 0.6 is 0 Å². The van der Waals surface area contributed by atoms with Gasteiger partial charge >= 0.3 is 12.1 Å². The molecule has 158 valence electrons. The van der Waals surface area contributed by atoms with Gasteiger partial charge in [-0.3, -0.25) is 14.6 Å². The Morgan fingerprint density at radius 2 is 1.37 bits per heavy atom. The van der Waals surface area contributed by atoms with Gasteiger partial charge in [0, 0.05) is 35.0 Å². The summed E-state index contributed by atoms with van der Waals surface area (Å²) in [6.07, 6.45) is -5.94. The maximum Gasteiger partial charge on any atom is 0.458 e. The summed E-state index contributed by atoms with van der Waals surface area (Å²) in [5.41, 5.74) is -3.25. The summed E-state index contributed by atoms with van der Waals surface area (Å²) < 4.78 is 92.3. The number of allylic oxidation sites excluding steroid dienone is 2. The highest BCUT2D eigenvalue weighted by Gasteiger charge is 2.58. The number of alkyl halides is 5. The molecule has 1 aliphatic rings. The predicted molar refractivity (Wildman–Crippen MR) is 90.2 cm³/mol. The van der Waals surface area contributed by atoms with Crippen LogP contribution < -0.4 is 0 Å².